The molecule has 60 heavy (non-hydrogen) atoms. The first kappa shape index (κ1) is 35.2. The topological polar surface area (TPSA) is 38.7 Å². The number of benzene rings is 10. The van der Waals surface area contributed by atoms with Crippen LogP contribution in [0.4, 0.5) is 0 Å². The van der Waals surface area contributed by atoms with Crippen molar-refractivity contribution in [3.8, 4) is 78.7 Å². The zero-order chi connectivity index (χ0) is 39.8. The summed E-state index contributed by atoms with van der Waals surface area (Å²) in [4.78, 5) is 15.5. The molecule has 1 heterocycles. The molecular formula is C57H37N3. The lowest BCUT2D eigenvalue weighted by Gasteiger charge is -2.21. The Hall–Kier alpha value is -8.01. The molecule has 0 aliphatic carbocycles. The van der Waals surface area contributed by atoms with Crippen LogP contribution in [0.3, 0.4) is 0 Å². The largest absolute Gasteiger partial charge is 0.208 e. The van der Waals surface area contributed by atoms with Crippen LogP contribution in [-0.4, -0.2) is 15.0 Å². The van der Waals surface area contributed by atoms with E-state index in [1.54, 1.807) is 0 Å². The number of hydrogen-bond acceptors (Lipinski definition) is 3. The minimum absolute atomic E-state index is 0.633. The molecule has 0 amide bonds. The van der Waals surface area contributed by atoms with Gasteiger partial charge in [-0.15, -0.1) is 0 Å². The Morgan fingerprint density at radius 1 is 0.200 bits per heavy atom. The zero-order valence-corrected chi connectivity index (χ0v) is 32.7. The van der Waals surface area contributed by atoms with Crippen LogP contribution in [0.2, 0.25) is 0 Å². The van der Waals surface area contributed by atoms with Crippen LogP contribution < -0.4 is 0 Å². The van der Waals surface area contributed by atoms with E-state index in [0.29, 0.717) is 17.5 Å². The number of hydrogen-bond donors (Lipinski definition) is 0. The first-order chi connectivity index (χ1) is 29.8. The van der Waals surface area contributed by atoms with Crippen molar-refractivity contribution in [1.29, 1.82) is 0 Å². The smallest absolute Gasteiger partial charge is 0.164 e. The van der Waals surface area contributed by atoms with E-state index in [9.17, 15) is 0 Å². The van der Waals surface area contributed by atoms with Crippen molar-refractivity contribution >= 4 is 32.3 Å². The monoisotopic (exact) mass is 763 g/mol. The predicted molar refractivity (Wildman–Crippen MR) is 250 cm³/mol. The molecular weight excluding hydrogens is 727 g/mol. The van der Waals surface area contributed by atoms with Crippen molar-refractivity contribution in [3.05, 3.63) is 224 Å². The van der Waals surface area contributed by atoms with Crippen LogP contribution in [0, 0.1) is 0 Å². The maximum absolute atomic E-state index is 5.24. The van der Waals surface area contributed by atoms with Gasteiger partial charge in [-0.1, -0.05) is 212 Å². The molecule has 0 saturated heterocycles. The summed E-state index contributed by atoms with van der Waals surface area (Å²) in [5.74, 6) is 1.90. The van der Waals surface area contributed by atoms with Gasteiger partial charge in [-0.2, -0.15) is 0 Å². The van der Waals surface area contributed by atoms with Crippen LogP contribution >= 0.6 is 0 Å². The summed E-state index contributed by atoms with van der Waals surface area (Å²) in [6, 6.07) is 79.5. The molecule has 0 aliphatic rings. The van der Waals surface area contributed by atoms with E-state index in [2.05, 4.69) is 200 Å². The van der Waals surface area contributed by atoms with Gasteiger partial charge in [0.15, 0.2) is 17.5 Å². The number of rotatable bonds is 7. The third kappa shape index (κ3) is 6.21. The summed E-state index contributed by atoms with van der Waals surface area (Å²) in [6.07, 6.45) is 0. The summed E-state index contributed by atoms with van der Waals surface area (Å²) in [6.45, 7) is 0. The van der Waals surface area contributed by atoms with Crippen molar-refractivity contribution < 1.29 is 0 Å². The molecule has 10 aromatic carbocycles. The zero-order valence-electron chi connectivity index (χ0n) is 32.7. The maximum Gasteiger partial charge on any atom is 0.164 e. The third-order valence-electron chi connectivity index (χ3n) is 11.5. The number of fused-ring (bicyclic) bond motifs is 3. The second kappa shape index (κ2) is 15.1. The van der Waals surface area contributed by atoms with E-state index in [0.717, 1.165) is 44.2 Å². The van der Waals surface area contributed by atoms with Gasteiger partial charge in [-0.05, 0) is 89.0 Å². The predicted octanol–water partition coefficient (Wildman–Crippen LogP) is 15.0. The Balaban J connectivity index is 1.13. The molecule has 3 heteroatoms. The van der Waals surface area contributed by atoms with E-state index in [1.807, 2.05) is 24.3 Å². The van der Waals surface area contributed by atoms with E-state index >= 15 is 0 Å². The van der Waals surface area contributed by atoms with E-state index in [4.69, 9.17) is 15.0 Å². The minimum Gasteiger partial charge on any atom is -0.208 e. The SMILES string of the molecule is c1ccc(-c2cccc(-c3nc(-c4ccccc4)nc(-c4ccc(-c5c6ccccc6c(-c6ccccc6-c6ccccc6)c6ccccc56)c5ccccc45)n3)c2)cc1. The van der Waals surface area contributed by atoms with Crippen LogP contribution in [0.5, 0.6) is 0 Å². The normalized spacial score (nSPS) is 11.3. The lowest BCUT2D eigenvalue weighted by atomic mass is 9.82. The van der Waals surface area contributed by atoms with Crippen LogP contribution in [0.25, 0.3) is 111 Å². The highest BCUT2D eigenvalue weighted by Crippen LogP contribution is 2.48. The summed E-state index contributed by atoms with van der Waals surface area (Å²) in [5, 5.41) is 7.07. The second-order valence-corrected chi connectivity index (χ2v) is 15.1. The summed E-state index contributed by atoms with van der Waals surface area (Å²) >= 11 is 0. The molecule has 0 unspecified atom stereocenters. The van der Waals surface area contributed by atoms with Crippen molar-refractivity contribution in [2.24, 2.45) is 0 Å². The highest BCUT2D eigenvalue weighted by molar-refractivity contribution is 6.24. The molecule has 0 fully saturated rings. The Kier molecular flexibility index (Phi) is 8.83. The number of aromatic nitrogens is 3. The molecule has 11 aromatic rings. The highest BCUT2D eigenvalue weighted by Gasteiger charge is 2.22. The lowest BCUT2D eigenvalue weighted by Crippen LogP contribution is -2.01. The molecule has 0 atom stereocenters. The van der Waals surface area contributed by atoms with Crippen LogP contribution in [0.1, 0.15) is 0 Å². The maximum atomic E-state index is 5.24. The quantitative estimate of drug-likeness (QED) is 0.152. The molecule has 280 valence electrons. The molecule has 0 spiro atoms. The number of nitrogens with zero attached hydrogens (tertiary/aromatic N) is 3. The van der Waals surface area contributed by atoms with Gasteiger partial charge in [-0.25, -0.2) is 15.0 Å². The molecule has 1 aromatic heterocycles. The lowest BCUT2D eigenvalue weighted by molar-refractivity contribution is 1.08. The summed E-state index contributed by atoms with van der Waals surface area (Å²) < 4.78 is 0. The Morgan fingerprint density at radius 2 is 0.583 bits per heavy atom. The highest BCUT2D eigenvalue weighted by atomic mass is 15.0. The summed E-state index contributed by atoms with van der Waals surface area (Å²) in [5.41, 5.74) is 12.3. The molecule has 3 nitrogen and oxygen atoms in total. The van der Waals surface area contributed by atoms with Crippen molar-refractivity contribution in [2.75, 3.05) is 0 Å². The first-order valence-electron chi connectivity index (χ1n) is 20.4. The Bertz CT molecular complexity index is 3300. The van der Waals surface area contributed by atoms with Gasteiger partial charge in [0.25, 0.3) is 0 Å². The third-order valence-corrected chi connectivity index (χ3v) is 11.5. The fraction of sp³-hybridized carbons (Fsp3) is 0. The Morgan fingerprint density at radius 3 is 1.18 bits per heavy atom. The molecule has 0 radical (unpaired) electrons. The molecule has 0 N–H and O–H groups in total. The van der Waals surface area contributed by atoms with Crippen molar-refractivity contribution in [2.45, 2.75) is 0 Å². The van der Waals surface area contributed by atoms with Gasteiger partial charge in [0.2, 0.25) is 0 Å². The minimum atomic E-state index is 0.633. The van der Waals surface area contributed by atoms with Gasteiger partial charge >= 0.3 is 0 Å². The average molecular weight is 764 g/mol. The van der Waals surface area contributed by atoms with E-state index in [-0.39, 0.29) is 0 Å². The van der Waals surface area contributed by atoms with Crippen molar-refractivity contribution in [1.82, 2.24) is 15.0 Å². The molecule has 0 aliphatic heterocycles. The average Bonchev–Trinajstić information content (AvgIpc) is 3.34. The first-order valence-corrected chi connectivity index (χ1v) is 20.4. The van der Waals surface area contributed by atoms with Crippen LogP contribution in [-0.2, 0) is 0 Å². The van der Waals surface area contributed by atoms with Gasteiger partial charge < -0.3 is 0 Å². The standard InChI is InChI=1S/C57H37N3/c1-4-19-38(20-5-1)41-25-18-26-42(37-41)56-58-55(40-23-8-3-9-24-40)59-57(60-56)52-36-35-51(44-28-11-12-29-45(44)52)54-49-33-16-14-31-47(49)53(48-32-15-17-34-50(48)54)46-30-13-10-27-43(46)39-21-6-2-7-22-39/h1-37H. The molecule has 0 saturated carbocycles. The second-order valence-electron chi connectivity index (χ2n) is 15.1. The fourth-order valence-corrected chi connectivity index (χ4v) is 8.80. The Labute approximate surface area is 349 Å². The van der Waals surface area contributed by atoms with Gasteiger partial charge in [0.1, 0.15) is 0 Å². The van der Waals surface area contributed by atoms with E-state index < -0.39 is 0 Å². The van der Waals surface area contributed by atoms with Crippen molar-refractivity contribution in [3.63, 3.8) is 0 Å². The van der Waals surface area contributed by atoms with Crippen LogP contribution in [0.15, 0.2) is 224 Å². The molecule has 0 bridgehead atoms. The van der Waals surface area contributed by atoms with Gasteiger partial charge in [0.05, 0.1) is 0 Å². The molecule has 11 rings (SSSR count). The van der Waals surface area contributed by atoms with E-state index in [1.165, 1.54) is 49.4 Å². The summed E-state index contributed by atoms with van der Waals surface area (Å²) in [7, 11) is 0. The van der Waals surface area contributed by atoms with Gasteiger partial charge in [-0.3, -0.25) is 0 Å². The van der Waals surface area contributed by atoms with Gasteiger partial charge in [0, 0.05) is 16.7 Å². The fourth-order valence-electron chi connectivity index (χ4n) is 8.80.